The number of ether oxygens (including phenoxy) is 1. The summed E-state index contributed by atoms with van der Waals surface area (Å²) >= 11 is 1.56. The highest BCUT2D eigenvalue weighted by molar-refractivity contribution is 7.19. The fourth-order valence-electron chi connectivity index (χ4n) is 3.97. The van der Waals surface area contributed by atoms with Crippen LogP contribution in [0.4, 0.5) is 11.5 Å². The van der Waals surface area contributed by atoms with Crippen LogP contribution in [-0.2, 0) is 17.6 Å². The van der Waals surface area contributed by atoms with Gasteiger partial charge in [-0.1, -0.05) is 6.92 Å². The number of carbonyl (C=O) groups is 1. The van der Waals surface area contributed by atoms with E-state index in [2.05, 4.69) is 15.3 Å². The number of nitrogens with zero attached hydrogens (tertiary/aromatic N) is 2. The zero-order valence-corrected chi connectivity index (χ0v) is 17.1. The maximum atomic E-state index is 11.9. The average Bonchev–Trinajstić information content (AvgIpc) is 3.11. The molecule has 1 aromatic carbocycles. The molecule has 0 aliphatic heterocycles. The zero-order chi connectivity index (χ0) is 20.6. The number of thiophene rings is 1. The molecule has 8 heteroatoms. The van der Waals surface area contributed by atoms with Crippen molar-refractivity contribution < 1.29 is 14.6 Å². The first-order valence-corrected chi connectivity index (χ1v) is 10.3. The quantitative estimate of drug-likeness (QED) is 0.520. The fourth-order valence-corrected chi connectivity index (χ4v) is 5.31. The summed E-state index contributed by atoms with van der Waals surface area (Å²) < 4.78 is 5.45. The van der Waals surface area contributed by atoms with Crippen molar-refractivity contribution in [2.45, 2.75) is 32.6 Å². The molecule has 1 aliphatic carbocycles. The fraction of sp³-hybridized carbons (Fsp3) is 0.333. The highest BCUT2D eigenvalue weighted by Crippen LogP contribution is 2.46. The lowest BCUT2D eigenvalue weighted by Crippen LogP contribution is -2.35. The Labute approximate surface area is 172 Å². The van der Waals surface area contributed by atoms with E-state index < -0.39 is 11.4 Å². The van der Waals surface area contributed by atoms with Gasteiger partial charge in [0, 0.05) is 11.1 Å². The Balaban J connectivity index is 1.79. The molecule has 1 atom stereocenters. The molecule has 0 spiro atoms. The average molecular weight is 410 g/mol. The maximum Gasteiger partial charge on any atom is 0.309 e. The van der Waals surface area contributed by atoms with Crippen molar-refractivity contribution in [3.05, 3.63) is 40.5 Å². The van der Waals surface area contributed by atoms with Gasteiger partial charge >= 0.3 is 5.97 Å². The minimum absolute atomic E-state index is 0.529. The van der Waals surface area contributed by atoms with E-state index in [-0.39, 0.29) is 0 Å². The van der Waals surface area contributed by atoms with Gasteiger partial charge in [-0.15, -0.1) is 11.3 Å². The molecule has 0 saturated heterocycles. The van der Waals surface area contributed by atoms with E-state index in [1.165, 1.54) is 12.5 Å². The van der Waals surface area contributed by atoms with Gasteiger partial charge in [-0.2, -0.15) is 0 Å². The highest BCUT2D eigenvalue weighted by Gasteiger charge is 2.41. The van der Waals surface area contributed by atoms with Crippen LogP contribution in [0.1, 0.15) is 35.8 Å². The molecule has 4 rings (SSSR count). The molecule has 0 saturated carbocycles. The van der Waals surface area contributed by atoms with E-state index >= 15 is 0 Å². The lowest BCUT2D eigenvalue weighted by Gasteiger charge is -2.32. The van der Waals surface area contributed by atoms with Gasteiger partial charge in [-0.05, 0) is 55.0 Å². The standard InChI is InChI=1S/C21H22N4O3S/c1-3-21(20(26)27)7-6-13-16(9-21)29-19-17(13)18(23-11-24-19)25-14-8-12(10-22)4-5-15(14)28-2/h4-5,8,10-11,22H,3,6-7,9H2,1-2H3,(H,26,27)(H,23,24,25)/t21-/m1/s1. The van der Waals surface area contributed by atoms with Crippen LogP contribution in [0.2, 0.25) is 0 Å². The number of methoxy groups -OCH3 is 1. The van der Waals surface area contributed by atoms with E-state index in [4.69, 9.17) is 10.1 Å². The Morgan fingerprint density at radius 2 is 2.28 bits per heavy atom. The third-order valence-corrected chi connectivity index (χ3v) is 6.94. The van der Waals surface area contributed by atoms with Crippen molar-refractivity contribution in [1.29, 1.82) is 5.41 Å². The third-order valence-electron chi connectivity index (χ3n) is 5.80. The summed E-state index contributed by atoms with van der Waals surface area (Å²) in [6, 6.07) is 5.47. The summed E-state index contributed by atoms with van der Waals surface area (Å²) in [5.41, 5.74) is 1.91. The molecular formula is C21H22N4O3S. The second-order valence-corrected chi connectivity index (χ2v) is 8.33. The maximum absolute atomic E-state index is 11.9. The monoisotopic (exact) mass is 410 g/mol. The number of benzene rings is 1. The molecular weight excluding hydrogens is 388 g/mol. The zero-order valence-electron chi connectivity index (χ0n) is 16.3. The van der Waals surface area contributed by atoms with Crippen LogP contribution in [0.3, 0.4) is 0 Å². The van der Waals surface area contributed by atoms with Crippen LogP contribution in [0, 0.1) is 10.8 Å². The van der Waals surface area contributed by atoms with Gasteiger partial charge in [0.2, 0.25) is 0 Å². The lowest BCUT2D eigenvalue weighted by atomic mass is 9.72. The number of hydrogen-bond donors (Lipinski definition) is 3. The predicted molar refractivity (Wildman–Crippen MR) is 114 cm³/mol. The first-order chi connectivity index (χ1) is 14.0. The molecule has 150 valence electrons. The molecule has 7 nitrogen and oxygen atoms in total. The molecule has 29 heavy (non-hydrogen) atoms. The van der Waals surface area contributed by atoms with Crippen LogP contribution >= 0.6 is 11.3 Å². The second kappa shape index (κ2) is 7.44. The van der Waals surface area contributed by atoms with Gasteiger partial charge in [-0.3, -0.25) is 4.79 Å². The van der Waals surface area contributed by atoms with Crippen LogP contribution in [-0.4, -0.2) is 34.4 Å². The summed E-state index contributed by atoms with van der Waals surface area (Å²) in [5, 5.41) is 21.6. The van der Waals surface area contributed by atoms with Gasteiger partial charge in [0.1, 0.15) is 22.7 Å². The Bertz CT molecular complexity index is 1110. The number of nitrogens with one attached hydrogen (secondary N) is 2. The Kier molecular flexibility index (Phi) is 4.96. The van der Waals surface area contributed by atoms with Crippen molar-refractivity contribution in [2.75, 3.05) is 12.4 Å². The number of carboxylic acids is 1. The Hall–Kier alpha value is -3.00. The molecule has 3 aromatic rings. The number of aromatic nitrogens is 2. The summed E-state index contributed by atoms with van der Waals surface area (Å²) in [6.45, 7) is 1.95. The molecule has 2 heterocycles. The van der Waals surface area contributed by atoms with E-state index in [0.717, 1.165) is 31.9 Å². The summed E-state index contributed by atoms with van der Waals surface area (Å²) in [6.07, 6.45) is 5.24. The molecule has 0 amide bonds. The largest absolute Gasteiger partial charge is 0.495 e. The van der Waals surface area contributed by atoms with Crippen LogP contribution in [0.5, 0.6) is 5.75 Å². The number of aliphatic carboxylic acids is 1. The SMILES string of the molecule is CC[C@@]1(C(=O)O)CCc2c(sc3ncnc(Nc4cc(C=N)ccc4OC)c23)C1. The van der Waals surface area contributed by atoms with Gasteiger partial charge < -0.3 is 20.6 Å². The molecule has 3 N–H and O–H groups in total. The van der Waals surface area contributed by atoms with E-state index in [9.17, 15) is 9.90 Å². The van der Waals surface area contributed by atoms with E-state index in [1.54, 1.807) is 18.4 Å². The third kappa shape index (κ3) is 3.23. The number of rotatable bonds is 6. The molecule has 0 fully saturated rings. The Morgan fingerprint density at radius 1 is 1.45 bits per heavy atom. The smallest absolute Gasteiger partial charge is 0.309 e. The minimum atomic E-state index is -0.722. The molecule has 1 aliphatic rings. The van der Waals surface area contributed by atoms with Gasteiger partial charge in [0.05, 0.1) is 23.6 Å². The molecule has 0 radical (unpaired) electrons. The lowest BCUT2D eigenvalue weighted by molar-refractivity contribution is -0.149. The van der Waals surface area contributed by atoms with Crippen molar-refractivity contribution in [1.82, 2.24) is 9.97 Å². The van der Waals surface area contributed by atoms with Gasteiger partial charge in [-0.25, -0.2) is 9.97 Å². The number of carboxylic acid groups (broad SMARTS) is 1. The van der Waals surface area contributed by atoms with Crippen molar-refractivity contribution in [3.8, 4) is 5.75 Å². The van der Waals surface area contributed by atoms with E-state index in [0.29, 0.717) is 37.3 Å². The predicted octanol–water partition coefficient (Wildman–Crippen LogP) is 4.41. The summed E-state index contributed by atoms with van der Waals surface area (Å²) in [4.78, 5) is 22.7. The van der Waals surface area contributed by atoms with Gasteiger partial charge in [0.15, 0.2) is 0 Å². The van der Waals surface area contributed by atoms with Crippen LogP contribution in [0.25, 0.3) is 10.2 Å². The molecule has 0 bridgehead atoms. The Morgan fingerprint density at radius 3 is 2.97 bits per heavy atom. The van der Waals surface area contributed by atoms with Crippen LogP contribution in [0.15, 0.2) is 24.5 Å². The minimum Gasteiger partial charge on any atom is -0.495 e. The number of anilines is 2. The second-order valence-electron chi connectivity index (χ2n) is 7.25. The summed E-state index contributed by atoms with van der Waals surface area (Å²) in [7, 11) is 1.60. The normalized spacial score (nSPS) is 18.3. The van der Waals surface area contributed by atoms with Crippen molar-refractivity contribution >= 4 is 45.2 Å². The van der Waals surface area contributed by atoms with Crippen molar-refractivity contribution in [2.24, 2.45) is 5.41 Å². The van der Waals surface area contributed by atoms with Crippen LogP contribution < -0.4 is 10.1 Å². The number of hydrogen-bond acceptors (Lipinski definition) is 7. The van der Waals surface area contributed by atoms with Gasteiger partial charge in [0.25, 0.3) is 0 Å². The van der Waals surface area contributed by atoms with E-state index in [1.807, 2.05) is 25.1 Å². The highest BCUT2D eigenvalue weighted by atomic mass is 32.1. The van der Waals surface area contributed by atoms with Crippen molar-refractivity contribution in [3.63, 3.8) is 0 Å². The number of fused-ring (bicyclic) bond motifs is 3. The molecule has 0 unspecified atom stereocenters. The summed E-state index contributed by atoms with van der Waals surface area (Å²) in [5.74, 6) is 0.607. The molecule has 2 aromatic heterocycles. The first-order valence-electron chi connectivity index (χ1n) is 9.45. The number of aryl methyl sites for hydroxylation is 1. The topological polar surface area (TPSA) is 108 Å². The first kappa shape index (κ1) is 19.3.